The minimum atomic E-state index is 0.554. The van der Waals surface area contributed by atoms with Crippen LogP contribution in [0.4, 0.5) is 0 Å². The maximum absolute atomic E-state index is 6.71. The molecule has 0 saturated carbocycles. The summed E-state index contributed by atoms with van der Waals surface area (Å²) in [6.45, 7) is 0. The molecule has 0 aliphatic heterocycles. The summed E-state index contributed by atoms with van der Waals surface area (Å²) in [5, 5.41) is 6.25. The minimum Gasteiger partial charge on any atom is -0.456 e. The number of benzene rings is 9. The van der Waals surface area contributed by atoms with Gasteiger partial charge in [-0.05, 0) is 92.7 Å². The van der Waals surface area contributed by atoms with E-state index >= 15 is 0 Å². The van der Waals surface area contributed by atoms with Crippen molar-refractivity contribution in [2.75, 3.05) is 0 Å². The molecule has 0 aliphatic carbocycles. The van der Waals surface area contributed by atoms with E-state index < -0.39 is 0 Å². The van der Waals surface area contributed by atoms with Crippen molar-refractivity contribution in [3.05, 3.63) is 200 Å². The van der Waals surface area contributed by atoms with Gasteiger partial charge in [0.15, 0.2) is 17.5 Å². The van der Waals surface area contributed by atoms with Gasteiger partial charge in [-0.1, -0.05) is 152 Å². The van der Waals surface area contributed by atoms with E-state index in [2.05, 4.69) is 164 Å². The highest BCUT2D eigenvalue weighted by atomic mass is 16.3. The van der Waals surface area contributed by atoms with Crippen molar-refractivity contribution in [2.45, 2.75) is 0 Å². The SMILES string of the molecule is c1ccc(-c2ccc(-c3nc(-c4ccc5oc6ccccc6c5c4)nc(-c4c(-c5ccccc5-c5ccccc5)ccc5oc6cc7ccccc7cc6c45)n3)cc2)cc1. The molecule has 0 bridgehead atoms. The second-order valence-corrected chi connectivity index (χ2v) is 15.1. The first kappa shape index (κ1) is 33.9. The molecule has 5 heteroatoms. The number of hydrogen-bond donors (Lipinski definition) is 0. The monoisotopic (exact) mass is 767 g/mol. The second-order valence-electron chi connectivity index (χ2n) is 15.1. The lowest BCUT2D eigenvalue weighted by Crippen LogP contribution is -2.02. The molecule has 280 valence electrons. The van der Waals surface area contributed by atoms with Crippen LogP contribution >= 0.6 is 0 Å². The van der Waals surface area contributed by atoms with Gasteiger partial charge in [-0.15, -0.1) is 0 Å². The molecule has 0 spiro atoms. The summed E-state index contributed by atoms with van der Waals surface area (Å²) in [6.07, 6.45) is 0. The van der Waals surface area contributed by atoms with Crippen molar-refractivity contribution >= 4 is 54.6 Å². The molecule has 0 saturated heterocycles. The van der Waals surface area contributed by atoms with Gasteiger partial charge in [0.1, 0.15) is 22.3 Å². The Labute approximate surface area is 344 Å². The van der Waals surface area contributed by atoms with Gasteiger partial charge < -0.3 is 8.83 Å². The zero-order valence-corrected chi connectivity index (χ0v) is 32.2. The standard InChI is InChI=1S/C55H33N3O2/c1-3-13-34(14-4-1)35-23-25-37(26-24-35)53-56-54(40-27-29-48-45(32-40)43-21-11-12-22-47(43)59-48)58-55(57-53)52-44(42-20-10-9-19-41(42)36-15-5-2-6-16-36)28-30-49-51(52)46-31-38-17-7-8-18-39(38)33-50(46)60-49/h1-33H. The van der Waals surface area contributed by atoms with Crippen LogP contribution in [0.2, 0.25) is 0 Å². The van der Waals surface area contributed by atoms with Crippen molar-refractivity contribution in [2.24, 2.45) is 0 Å². The largest absolute Gasteiger partial charge is 0.456 e. The lowest BCUT2D eigenvalue weighted by molar-refractivity contribution is 0.669. The molecule has 3 aromatic heterocycles. The molecule has 9 aromatic carbocycles. The number of nitrogens with zero attached hydrogens (tertiary/aromatic N) is 3. The van der Waals surface area contributed by atoms with Crippen molar-refractivity contribution < 1.29 is 8.83 Å². The van der Waals surface area contributed by atoms with Gasteiger partial charge in [-0.25, -0.2) is 15.0 Å². The highest BCUT2D eigenvalue weighted by Crippen LogP contribution is 2.46. The van der Waals surface area contributed by atoms with Crippen LogP contribution in [0.15, 0.2) is 209 Å². The summed E-state index contributed by atoms with van der Waals surface area (Å²) >= 11 is 0. The molecule has 0 radical (unpaired) electrons. The Morgan fingerprint density at radius 1 is 0.283 bits per heavy atom. The van der Waals surface area contributed by atoms with E-state index in [0.717, 1.165) is 105 Å². The predicted molar refractivity (Wildman–Crippen MR) is 245 cm³/mol. The fraction of sp³-hybridized carbons (Fsp3) is 0. The van der Waals surface area contributed by atoms with Gasteiger partial charge in [-0.2, -0.15) is 0 Å². The Hall–Kier alpha value is -8.15. The summed E-state index contributed by atoms with van der Waals surface area (Å²) in [4.78, 5) is 16.1. The third-order valence-corrected chi connectivity index (χ3v) is 11.6. The quantitative estimate of drug-likeness (QED) is 0.169. The van der Waals surface area contributed by atoms with E-state index in [1.807, 2.05) is 36.4 Å². The van der Waals surface area contributed by atoms with Crippen LogP contribution in [-0.4, -0.2) is 15.0 Å². The summed E-state index contributed by atoms with van der Waals surface area (Å²) < 4.78 is 12.9. The first-order valence-electron chi connectivity index (χ1n) is 20.1. The number of aromatic nitrogens is 3. The van der Waals surface area contributed by atoms with E-state index in [1.54, 1.807) is 0 Å². The van der Waals surface area contributed by atoms with Crippen molar-refractivity contribution in [3.8, 4) is 67.5 Å². The van der Waals surface area contributed by atoms with E-state index in [4.69, 9.17) is 23.8 Å². The van der Waals surface area contributed by atoms with Gasteiger partial charge in [-0.3, -0.25) is 0 Å². The molecule has 0 unspecified atom stereocenters. The summed E-state index contributed by atoms with van der Waals surface area (Å²) in [7, 11) is 0. The second kappa shape index (κ2) is 13.8. The summed E-state index contributed by atoms with van der Waals surface area (Å²) in [5.41, 5.74) is 12.4. The number of para-hydroxylation sites is 1. The molecule has 0 aliphatic rings. The Kier molecular flexibility index (Phi) is 7.78. The maximum Gasteiger partial charge on any atom is 0.165 e. The molecule has 0 N–H and O–H groups in total. The van der Waals surface area contributed by atoms with Gasteiger partial charge in [0.25, 0.3) is 0 Å². The van der Waals surface area contributed by atoms with Crippen LogP contribution < -0.4 is 0 Å². The van der Waals surface area contributed by atoms with Crippen LogP contribution in [0, 0.1) is 0 Å². The molecule has 0 fully saturated rings. The van der Waals surface area contributed by atoms with E-state index in [9.17, 15) is 0 Å². The van der Waals surface area contributed by atoms with Gasteiger partial charge >= 0.3 is 0 Å². The third kappa shape index (κ3) is 5.67. The maximum atomic E-state index is 6.71. The first-order chi connectivity index (χ1) is 29.7. The number of hydrogen-bond acceptors (Lipinski definition) is 5. The molecule has 60 heavy (non-hydrogen) atoms. The molecule has 0 atom stereocenters. The van der Waals surface area contributed by atoms with Crippen LogP contribution in [-0.2, 0) is 0 Å². The van der Waals surface area contributed by atoms with E-state index in [1.165, 1.54) is 0 Å². The zero-order chi connectivity index (χ0) is 39.6. The predicted octanol–water partition coefficient (Wildman–Crippen LogP) is 14.8. The smallest absolute Gasteiger partial charge is 0.165 e. The lowest BCUT2D eigenvalue weighted by atomic mass is 9.89. The molecule has 5 nitrogen and oxygen atoms in total. The number of furan rings is 2. The molecule has 3 heterocycles. The first-order valence-corrected chi connectivity index (χ1v) is 20.1. The van der Waals surface area contributed by atoms with E-state index in [-0.39, 0.29) is 0 Å². The Balaban J connectivity index is 1.16. The Morgan fingerprint density at radius 3 is 1.63 bits per heavy atom. The van der Waals surface area contributed by atoms with Crippen LogP contribution in [0.5, 0.6) is 0 Å². The highest BCUT2D eigenvalue weighted by Gasteiger charge is 2.24. The van der Waals surface area contributed by atoms with Crippen molar-refractivity contribution in [1.82, 2.24) is 15.0 Å². The number of fused-ring (bicyclic) bond motifs is 7. The zero-order valence-electron chi connectivity index (χ0n) is 32.2. The minimum absolute atomic E-state index is 0.554. The molecular formula is C55H33N3O2. The summed E-state index contributed by atoms with van der Waals surface area (Å²) in [5.74, 6) is 1.69. The third-order valence-electron chi connectivity index (χ3n) is 11.6. The number of rotatable bonds is 6. The van der Waals surface area contributed by atoms with Crippen LogP contribution in [0.1, 0.15) is 0 Å². The Morgan fingerprint density at radius 2 is 0.833 bits per heavy atom. The van der Waals surface area contributed by atoms with Gasteiger partial charge in [0.05, 0.1) is 0 Å². The highest BCUT2D eigenvalue weighted by molar-refractivity contribution is 6.18. The van der Waals surface area contributed by atoms with Gasteiger partial charge in [0.2, 0.25) is 0 Å². The van der Waals surface area contributed by atoms with Crippen LogP contribution in [0.3, 0.4) is 0 Å². The van der Waals surface area contributed by atoms with Gasteiger partial charge in [0, 0.05) is 38.2 Å². The molecule has 0 amide bonds. The molecular weight excluding hydrogens is 735 g/mol. The van der Waals surface area contributed by atoms with Crippen molar-refractivity contribution in [3.63, 3.8) is 0 Å². The average molecular weight is 768 g/mol. The van der Waals surface area contributed by atoms with Crippen LogP contribution in [0.25, 0.3) is 122 Å². The van der Waals surface area contributed by atoms with E-state index in [0.29, 0.717) is 17.5 Å². The normalized spacial score (nSPS) is 11.7. The summed E-state index contributed by atoms with van der Waals surface area (Å²) in [6, 6.07) is 69.3. The van der Waals surface area contributed by atoms with Crippen molar-refractivity contribution in [1.29, 1.82) is 0 Å². The fourth-order valence-electron chi connectivity index (χ4n) is 8.65. The fourth-order valence-corrected chi connectivity index (χ4v) is 8.65. The topological polar surface area (TPSA) is 65.0 Å². The average Bonchev–Trinajstić information content (AvgIpc) is 3.88. The lowest BCUT2D eigenvalue weighted by Gasteiger charge is -2.16. The molecule has 12 aromatic rings. The molecule has 12 rings (SSSR count). The Bertz CT molecular complexity index is 3590.